The van der Waals surface area contributed by atoms with E-state index in [1.165, 1.54) is 0 Å². The lowest BCUT2D eigenvalue weighted by atomic mass is 10.1. The van der Waals surface area contributed by atoms with E-state index >= 15 is 0 Å². The number of nitrogens with zero attached hydrogens (tertiary/aromatic N) is 1. The summed E-state index contributed by atoms with van der Waals surface area (Å²) in [6.45, 7) is 0. The molecule has 0 saturated carbocycles. The van der Waals surface area contributed by atoms with Crippen LogP contribution in [0, 0.1) is 0 Å². The number of imide groups is 1. The largest absolute Gasteiger partial charge is 0.339 e. The molecule has 19 heavy (non-hydrogen) atoms. The van der Waals surface area contributed by atoms with Gasteiger partial charge in [-0.2, -0.15) is 0 Å². The van der Waals surface area contributed by atoms with Gasteiger partial charge in [-0.3, -0.25) is 14.9 Å². The second kappa shape index (κ2) is 4.47. The van der Waals surface area contributed by atoms with E-state index < -0.39 is 0 Å². The lowest BCUT2D eigenvalue weighted by Crippen LogP contribution is -2.19. The number of pyridine rings is 1. The molecule has 1 aliphatic heterocycles. The zero-order valence-corrected chi connectivity index (χ0v) is 11.2. The maximum Gasteiger partial charge on any atom is 0.259 e. The minimum Gasteiger partial charge on any atom is -0.339 e. The number of carbonyl (C=O) groups excluding carboxylic acids is 2. The molecule has 0 saturated heterocycles. The molecule has 3 rings (SSSR count). The number of fused-ring (bicyclic) bond motifs is 1. The van der Waals surface area contributed by atoms with Crippen LogP contribution in [0.25, 0.3) is 0 Å². The molecule has 0 radical (unpaired) electrons. The van der Waals surface area contributed by atoms with Gasteiger partial charge in [0.1, 0.15) is 5.82 Å². The van der Waals surface area contributed by atoms with E-state index in [0.29, 0.717) is 22.6 Å². The second-order valence-corrected chi connectivity index (χ2v) is 4.86. The van der Waals surface area contributed by atoms with E-state index in [2.05, 4.69) is 31.5 Å². The summed E-state index contributed by atoms with van der Waals surface area (Å²) in [5.74, 6) is -0.0820. The summed E-state index contributed by atoms with van der Waals surface area (Å²) in [6, 6.07) is 8.66. The van der Waals surface area contributed by atoms with Crippen LogP contribution in [0.2, 0.25) is 0 Å². The molecule has 5 nitrogen and oxygen atoms in total. The Morgan fingerprint density at radius 3 is 2.68 bits per heavy atom. The second-order valence-electron chi connectivity index (χ2n) is 4.00. The van der Waals surface area contributed by atoms with Crippen molar-refractivity contribution in [2.75, 3.05) is 5.32 Å². The molecule has 2 heterocycles. The van der Waals surface area contributed by atoms with Crippen LogP contribution in [-0.4, -0.2) is 16.8 Å². The van der Waals surface area contributed by atoms with E-state index in [-0.39, 0.29) is 11.8 Å². The highest BCUT2D eigenvalue weighted by atomic mass is 79.9. The van der Waals surface area contributed by atoms with E-state index in [4.69, 9.17) is 0 Å². The van der Waals surface area contributed by atoms with Crippen LogP contribution in [0.4, 0.5) is 11.5 Å². The Kier molecular flexibility index (Phi) is 2.79. The number of nitrogens with one attached hydrogen (secondary N) is 2. The highest BCUT2D eigenvalue weighted by Gasteiger charge is 2.26. The molecule has 0 unspecified atom stereocenters. The van der Waals surface area contributed by atoms with Gasteiger partial charge >= 0.3 is 0 Å². The topological polar surface area (TPSA) is 71.1 Å². The smallest absolute Gasteiger partial charge is 0.259 e. The quantitative estimate of drug-likeness (QED) is 0.835. The summed E-state index contributed by atoms with van der Waals surface area (Å²) in [4.78, 5) is 27.2. The highest BCUT2D eigenvalue weighted by Crippen LogP contribution is 2.25. The molecule has 2 N–H and O–H groups in total. The molecular weight excluding hydrogens is 310 g/mol. The van der Waals surface area contributed by atoms with Crippen molar-refractivity contribution in [2.45, 2.75) is 0 Å². The van der Waals surface area contributed by atoms with Crippen LogP contribution >= 0.6 is 15.9 Å². The van der Waals surface area contributed by atoms with Crippen molar-refractivity contribution in [3.63, 3.8) is 0 Å². The Morgan fingerprint density at radius 2 is 1.89 bits per heavy atom. The molecule has 2 amide bonds. The summed E-state index contributed by atoms with van der Waals surface area (Å²) >= 11 is 3.38. The number of benzene rings is 1. The molecule has 0 bridgehead atoms. The van der Waals surface area contributed by atoms with Gasteiger partial charge in [0, 0.05) is 11.9 Å². The third kappa shape index (κ3) is 2.10. The van der Waals surface area contributed by atoms with Crippen molar-refractivity contribution in [3.05, 3.63) is 52.1 Å². The summed E-state index contributed by atoms with van der Waals surface area (Å²) in [6.07, 6.45) is 1.66. The zero-order chi connectivity index (χ0) is 13.4. The first-order valence-corrected chi connectivity index (χ1v) is 6.32. The fraction of sp³-hybridized carbons (Fsp3) is 0. The average molecular weight is 318 g/mol. The van der Waals surface area contributed by atoms with E-state index in [9.17, 15) is 9.59 Å². The van der Waals surface area contributed by atoms with Gasteiger partial charge in [0.25, 0.3) is 11.8 Å². The van der Waals surface area contributed by atoms with E-state index in [1.807, 2.05) is 12.1 Å². The molecule has 1 aromatic carbocycles. The molecule has 0 spiro atoms. The number of aromatic nitrogens is 1. The molecule has 2 aromatic rings. The molecule has 1 aliphatic rings. The molecular formula is C13H8BrN3O2. The number of hydrogen-bond acceptors (Lipinski definition) is 4. The van der Waals surface area contributed by atoms with Crippen LogP contribution in [0.3, 0.4) is 0 Å². The predicted octanol–water partition coefficient (Wildman–Crippen LogP) is 2.47. The van der Waals surface area contributed by atoms with Gasteiger partial charge in [0.05, 0.1) is 15.6 Å². The Morgan fingerprint density at radius 1 is 1.11 bits per heavy atom. The van der Waals surface area contributed by atoms with Crippen LogP contribution in [-0.2, 0) is 0 Å². The minimum absolute atomic E-state index is 0.356. The van der Waals surface area contributed by atoms with Crippen molar-refractivity contribution in [1.82, 2.24) is 10.3 Å². The lowest BCUT2D eigenvalue weighted by Gasteiger charge is -2.07. The number of amides is 2. The zero-order valence-electron chi connectivity index (χ0n) is 9.61. The fourth-order valence-electron chi connectivity index (χ4n) is 1.86. The molecule has 6 heteroatoms. The monoisotopic (exact) mass is 317 g/mol. The molecule has 0 aliphatic carbocycles. The first-order valence-electron chi connectivity index (χ1n) is 5.52. The van der Waals surface area contributed by atoms with Crippen molar-refractivity contribution >= 4 is 39.2 Å². The van der Waals surface area contributed by atoms with Gasteiger partial charge in [0.2, 0.25) is 0 Å². The Labute approximate surface area is 117 Å². The van der Waals surface area contributed by atoms with Gasteiger partial charge in [-0.15, -0.1) is 0 Å². The van der Waals surface area contributed by atoms with Gasteiger partial charge in [-0.05, 0) is 46.3 Å². The average Bonchev–Trinajstić information content (AvgIpc) is 2.68. The molecule has 1 aromatic heterocycles. The normalized spacial score (nSPS) is 13.1. The summed E-state index contributed by atoms with van der Waals surface area (Å²) in [7, 11) is 0. The summed E-state index contributed by atoms with van der Waals surface area (Å²) < 4.78 is 0.816. The third-order valence-corrected chi connectivity index (χ3v) is 3.40. The van der Waals surface area contributed by atoms with Crippen LogP contribution in [0.15, 0.2) is 41.0 Å². The SMILES string of the molecule is O=C1NC(=O)c2cc(Nc3ncccc3Br)ccc21. The van der Waals surface area contributed by atoms with Gasteiger partial charge in [-0.25, -0.2) is 4.98 Å². The first kappa shape index (κ1) is 11.9. The Bertz CT molecular complexity index is 700. The summed E-state index contributed by atoms with van der Waals surface area (Å²) in [5, 5.41) is 5.34. The molecule has 0 atom stereocenters. The Hall–Kier alpha value is -2.21. The van der Waals surface area contributed by atoms with E-state index in [1.54, 1.807) is 24.4 Å². The number of hydrogen-bond donors (Lipinski definition) is 2. The van der Waals surface area contributed by atoms with Crippen molar-refractivity contribution in [2.24, 2.45) is 0 Å². The van der Waals surface area contributed by atoms with Gasteiger partial charge < -0.3 is 5.32 Å². The van der Waals surface area contributed by atoms with Gasteiger partial charge in [-0.1, -0.05) is 0 Å². The fourth-order valence-corrected chi connectivity index (χ4v) is 2.21. The maximum atomic E-state index is 11.6. The number of halogens is 1. The van der Waals surface area contributed by atoms with Gasteiger partial charge in [0.15, 0.2) is 0 Å². The molecule has 0 fully saturated rings. The van der Waals surface area contributed by atoms with Crippen LogP contribution < -0.4 is 10.6 Å². The van der Waals surface area contributed by atoms with Crippen molar-refractivity contribution < 1.29 is 9.59 Å². The number of anilines is 2. The number of carbonyl (C=O) groups is 2. The highest BCUT2D eigenvalue weighted by molar-refractivity contribution is 9.10. The minimum atomic E-state index is -0.372. The predicted molar refractivity (Wildman–Crippen MR) is 73.5 cm³/mol. The Balaban J connectivity index is 1.96. The standard InChI is InChI=1S/C13H8BrN3O2/c14-10-2-1-5-15-11(10)16-7-3-4-8-9(6-7)13(19)17-12(8)18/h1-6H,(H,15,16)(H,17,18,19). The maximum absolute atomic E-state index is 11.6. The van der Waals surface area contributed by atoms with Crippen LogP contribution in [0.5, 0.6) is 0 Å². The lowest BCUT2D eigenvalue weighted by molar-refractivity contribution is 0.0879. The first-order chi connectivity index (χ1) is 9.15. The third-order valence-electron chi connectivity index (χ3n) is 2.76. The number of rotatable bonds is 2. The van der Waals surface area contributed by atoms with Crippen molar-refractivity contribution in [1.29, 1.82) is 0 Å². The summed E-state index contributed by atoms with van der Waals surface area (Å²) in [5.41, 5.74) is 1.47. The molecule has 94 valence electrons. The van der Waals surface area contributed by atoms with Crippen LogP contribution in [0.1, 0.15) is 20.7 Å². The van der Waals surface area contributed by atoms with Crippen molar-refractivity contribution in [3.8, 4) is 0 Å². The van der Waals surface area contributed by atoms with E-state index in [0.717, 1.165) is 4.47 Å².